The van der Waals surface area contributed by atoms with Gasteiger partial charge in [-0.2, -0.15) is 4.72 Å². The van der Waals surface area contributed by atoms with Crippen LogP contribution in [0.3, 0.4) is 0 Å². The smallest absolute Gasteiger partial charge is 0.324 e. The Kier molecular flexibility index (Phi) is 8.27. The highest BCUT2D eigenvalue weighted by Gasteiger charge is 2.30. The van der Waals surface area contributed by atoms with Gasteiger partial charge in [0.2, 0.25) is 10.0 Å². The van der Waals surface area contributed by atoms with Gasteiger partial charge in [-0.1, -0.05) is 32.8 Å². The summed E-state index contributed by atoms with van der Waals surface area (Å²) < 4.78 is 33.4. The van der Waals surface area contributed by atoms with E-state index < -0.39 is 28.6 Å². The molecule has 7 nitrogen and oxygen atoms in total. The quantitative estimate of drug-likeness (QED) is 0.619. The molecule has 1 aromatic rings. The second-order valence-electron chi connectivity index (χ2n) is 8.98. The number of carbonyl (C=O) groups is 2. The number of ether oxygens (including phenoxy) is 1. The zero-order valence-corrected chi connectivity index (χ0v) is 20.5. The number of aryl methyl sites for hydroxylation is 2. The Morgan fingerprint density at radius 1 is 1.10 bits per heavy atom. The number of esters is 1. The summed E-state index contributed by atoms with van der Waals surface area (Å²) in [6.07, 6.45) is 3.13. The maximum absolute atomic E-state index is 13.0. The molecule has 0 bridgehead atoms. The van der Waals surface area contributed by atoms with E-state index in [4.69, 9.17) is 4.74 Å². The lowest BCUT2D eigenvalue weighted by Gasteiger charge is -2.34. The van der Waals surface area contributed by atoms with E-state index in [1.807, 2.05) is 19.9 Å². The minimum absolute atomic E-state index is 0.0707. The Hall–Kier alpha value is -1.93. The van der Waals surface area contributed by atoms with Gasteiger partial charge >= 0.3 is 5.97 Å². The SMILES string of the molecule is Cc1cc(C)c(C)c(S(=O)(=O)N[C@@H](C)C(=O)OCC(=O)N[C@@H]2CCC[C@@H](C)[C@@H]2C)c1C. The highest BCUT2D eigenvalue weighted by molar-refractivity contribution is 7.89. The Balaban J connectivity index is 1.97. The average Bonchev–Trinajstić information content (AvgIpc) is 2.67. The van der Waals surface area contributed by atoms with E-state index in [2.05, 4.69) is 23.9 Å². The number of rotatable bonds is 7. The Labute approximate surface area is 186 Å². The molecule has 1 aromatic carbocycles. The molecule has 174 valence electrons. The molecule has 0 saturated heterocycles. The first-order valence-corrected chi connectivity index (χ1v) is 12.4. The molecule has 2 N–H and O–H groups in total. The van der Waals surface area contributed by atoms with Gasteiger partial charge in [-0.15, -0.1) is 0 Å². The molecular formula is C23H36N2O5S. The van der Waals surface area contributed by atoms with E-state index in [0.29, 0.717) is 23.0 Å². The van der Waals surface area contributed by atoms with Crippen molar-refractivity contribution in [2.24, 2.45) is 11.8 Å². The summed E-state index contributed by atoms with van der Waals surface area (Å²) in [5.41, 5.74) is 3.01. The first-order valence-electron chi connectivity index (χ1n) is 10.9. The molecule has 31 heavy (non-hydrogen) atoms. The van der Waals surface area contributed by atoms with E-state index in [1.54, 1.807) is 13.8 Å². The lowest BCUT2D eigenvalue weighted by Crippen LogP contribution is -2.46. The summed E-state index contributed by atoms with van der Waals surface area (Å²) in [6.45, 7) is 12.5. The molecule has 0 radical (unpaired) electrons. The van der Waals surface area contributed by atoms with Crippen molar-refractivity contribution in [1.82, 2.24) is 10.0 Å². The summed E-state index contributed by atoms with van der Waals surface area (Å²) >= 11 is 0. The number of carbonyl (C=O) groups excluding carboxylic acids is 2. The molecule has 4 atom stereocenters. The van der Waals surface area contributed by atoms with Crippen LogP contribution in [0, 0.1) is 39.5 Å². The molecule has 0 unspecified atom stereocenters. The number of nitrogens with one attached hydrogen (secondary N) is 2. The van der Waals surface area contributed by atoms with Gasteiger partial charge in [0.1, 0.15) is 6.04 Å². The van der Waals surface area contributed by atoms with Gasteiger partial charge in [0.05, 0.1) is 4.90 Å². The molecule has 1 saturated carbocycles. The van der Waals surface area contributed by atoms with Gasteiger partial charge in [0.25, 0.3) is 5.91 Å². The summed E-state index contributed by atoms with van der Waals surface area (Å²) in [4.78, 5) is 24.8. The van der Waals surface area contributed by atoms with Crippen LogP contribution in [0.25, 0.3) is 0 Å². The van der Waals surface area contributed by atoms with Crippen molar-refractivity contribution in [1.29, 1.82) is 0 Å². The molecular weight excluding hydrogens is 416 g/mol. The van der Waals surface area contributed by atoms with Crippen molar-refractivity contribution < 1.29 is 22.7 Å². The van der Waals surface area contributed by atoms with E-state index in [9.17, 15) is 18.0 Å². The van der Waals surface area contributed by atoms with Crippen LogP contribution in [0.4, 0.5) is 0 Å². The van der Waals surface area contributed by atoms with Gasteiger partial charge in [-0.3, -0.25) is 9.59 Å². The van der Waals surface area contributed by atoms with Crippen LogP contribution in [-0.4, -0.2) is 39.0 Å². The van der Waals surface area contributed by atoms with Crippen LogP contribution in [0.2, 0.25) is 0 Å². The molecule has 1 aliphatic carbocycles. The third kappa shape index (κ3) is 6.07. The van der Waals surface area contributed by atoms with Crippen LogP contribution in [0.1, 0.15) is 62.3 Å². The van der Waals surface area contributed by atoms with Crippen molar-refractivity contribution in [3.63, 3.8) is 0 Å². The number of benzene rings is 1. The standard InChI is InChI=1S/C23H36N2O5S/c1-13-9-8-10-20(16(13)4)24-21(26)12-30-23(27)19(7)25-31(28,29)22-17(5)14(2)11-15(3)18(22)6/h11,13,16,19-20,25H,8-10,12H2,1-7H3,(H,24,26)/t13-,16+,19+,20-/m1/s1. The van der Waals surface area contributed by atoms with Gasteiger partial charge in [-0.25, -0.2) is 8.42 Å². The normalized spacial score (nSPS) is 22.6. The highest BCUT2D eigenvalue weighted by atomic mass is 32.2. The van der Waals surface area contributed by atoms with Crippen molar-refractivity contribution in [2.75, 3.05) is 6.61 Å². The summed E-state index contributed by atoms with van der Waals surface area (Å²) in [7, 11) is -3.94. The first-order chi connectivity index (χ1) is 14.3. The van der Waals surface area contributed by atoms with Crippen LogP contribution in [0.5, 0.6) is 0 Å². The summed E-state index contributed by atoms with van der Waals surface area (Å²) in [6, 6.07) is 0.890. The molecule has 2 rings (SSSR count). The minimum Gasteiger partial charge on any atom is -0.454 e. The molecule has 1 amide bonds. The third-order valence-electron chi connectivity index (χ3n) is 6.65. The second-order valence-corrected chi connectivity index (χ2v) is 10.6. The van der Waals surface area contributed by atoms with Gasteiger partial charge in [0.15, 0.2) is 6.61 Å². The predicted octanol–water partition coefficient (Wildman–Crippen LogP) is 3.07. The average molecular weight is 453 g/mol. The van der Waals surface area contributed by atoms with Crippen LogP contribution in [0.15, 0.2) is 11.0 Å². The molecule has 0 spiro atoms. The maximum Gasteiger partial charge on any atom is 0.324 e. The summed E-state index contributed by atoms with van der Waals surface area (Å²) in [5, 5.41) is 2.94. The zero-order chi connectivity index (χ0) is 23.5. The largest absolute Gasteiger partial charge is 0.454 e. The number of sulfonamides is 1. The fourth-order valence-corrected chi connectivity index (χ4v) is 6.03. The third-order valence-corrected chi connectivity index (χ3v) is 8.46. The van der Waals surface area contributed by atoms with Crippen molar-refractivity contribution >= 4 is 21.9 Å². The fourth-order valence-electron chi connectivity index (χ4n) is 4.22. The van der Waals surface area contributed by atoms with Gasteiger partial charge < -0.3 is 10.1 Å². The molecule has 0 aliphatic heterocycles. The van der Waals surface area contributed by atoms with Crippen LogP contribution >= 0.6 is 0 Å². The zero-order valence-electron chi connectivity index (χ0n) is 19.7. The van der Waals surface area contributed by atoms with Crippen molar-refractivity contribution in [3.8, 4) is 0 Å². The molecule has 0 aromatic heterocycles. The predicted molar refractivity (Wildman–Crippen MR) is 120 cm³/mol. The lowest BCUT2D eigenvalue weighted by atomic mass is 9.78. The first kappa shape index (κ1) is 25.3. The Bertz CT molecular complexity index is 916. The monoisotopic (exact) mass is 452 g/mol. The van der Waals surface area contributed by atoms with Crippen LogP contribution < -0.4 is 10.0 Å². The van der Waals surface area contributed by atoms with E-state index in [1.165, 1.54) is 6.92 Å². The number of hydrogen-bond acceptors (Lipinski definition) is 5. The Morgan fingerprint density at radius 2 is 1.68 bits per heavy atom. The van der Waals surface area contributed by atoms with E-state index >= 15 is 0 Å². The highest BCUT2D eigenvalue weighted by Crippen LogP contribution is 2.29. The molecule has 0 heterocycles. The topological polar surface area (TPSA) is 102 Å². The Morgan fingerprint density at radius 3 is 2.26 bits per heavy atom. The summed E-state index contributed by atoms with van der Waals surface area (Å²) in [5.74, 6) is -0.254. The second kappa shape index (κ2) is 10.1. The maximum atomic E-state index is 13.0. The van der Waals surface area contributed by atoms with E-state index in [0.717, 1.165) is 30.4 Å². The van der Waals surface area contributed by atoms with Crippen LogP contribution in [-0.2, 0) is 24.3 Å². The minimum atomic E-state index is -3.94. The van der Waals surface area contributed by atoms with Gasteiger partial charge in [0, 0.05) is 6.04 Å². The van der Waals surface area contributed by atoms with E-state index in [-0.39, 0.29) is 16.8 Å². The number of hydrogen-bond donors (Lipinski definition) is 2. The van der Waals surface area contributed by atoms with Gasteiger partial charge in [-0.05, 0) is 75.1 Å². The molecule has 1 aliphatic rings. The molecule has 1 fully saturated rings. The van der Waals surface area contributed by atoms with Crippen molar-refractivity contribution in [3.05, 3.63) is 28.3 Å². The number of amides is 1. The lowest BCUT2D eigenvalue weighted by molar-refractivity contribution is -0.150. The fraction of sp³-hybridized carbons (Fsp3) is 0.652. The van der Waals surface area contributed by atoms with Crippen molar-refractivity contribution in [2.45, 2.75) is 84.7 Å². The molecule has 8 heteroatoms.